The zero-order chi connectivity index (χ0) is 16.8. The molecule has 0 unspecified atom stereocenters. The Hall–Kier alpha value is -1.85. The number of nitrogens with one attached hydrogen (secondary N) is 1. The minimum Gasteiger partial charge on any atom is -0.497 e. The highest BCUT2D eigenvalue weighted by atomic mass is 16.5. The van der Waals surface area contributed by atoms with Crippen LogP contribution in [0, 0.1) is 5.92 Å². The fourth-order valence-corrected chi connectivity index (χ4v) is 5.46. The van der Waals surface area contributed by atoms with E-state index in [4.69, 9.17) is 4.74 Å². The number of H-pyrrole nitrogens is 1. The van der Waals surface area contributed by atoms with Gasteiger partial charge < -0.3 is 9.72 Å². The number of aromatic nitrogens is 2. The predicted molar refractivity (Wildman–Crippen MR) is 96.6 cm³/mol. The summed E-state index contributed by atoms with van der Waals surface area (Å²) in [6.07, 6.45) is 6.49. The molecule has 1 N–H and O–H groups in total. The van der Waals surface area contributed by atoms with Gasteiger partial charge in [0.15, 0.2) is 0 Å². The lowest BCUT2D eigenvalue weighted by molar-refractivity contribution is -0.00924. The molecule has 0 aliphatic carbocycles. The summed E-state index contributed by atoms with van der Waals surface area (Å²) in [7, 11) is 1.76. The maximum atomic E-state index is 5.48. The third kappa shape index (κ3) is 2.57. The molecule has 1 aromatic carbocycles. The zero-order valence-electron chi connectivity index (χ0n) is 14.8. The second-order valence-electron chi connectivity index (χ2n) is 7.70. The summed E-state index contributed by atoms with van der Waals surface area (Å²) in [4.78, 5) is 13.2. The van der Waals surface area contributed by atoms with Crippen molar-refractivity contribution in [2.45, 2.75) is 37.4 Å². The fraction of sp³-hybridized carbons (Fsp3) is 0.550. The standard InChI is InChI=1S/C20H26N4O/c1-25-16-4-2-3-15(11-16)17-12-24(13-18-21-7-8-22-18)19-14-5-9-23(10-6-14)20(17)19/h2-4,7-8,11,14,17,19-20H,5-6,9-10,12-13H2,1H3,(H,21,22)/t17-,19-,20-/m0/s1. The van der Waals surface area contributed by atoms with Crippen molar-refractivity contribution in [1.29, 1.82) is 0 Å². The van der Waals surface area contributed by atoms with Crippen LogP contribution in [0.15, 0.2) is 36.7 Å². The van der Waals surface area contributed by atoms with Crippen molar-refractivity contribution in [2.24, 2.45) is 5.92 Å². The Labute approximate surface area is 149 Å². The molecule has 4 aliphatic heterocycles. The Morgan fingerprint density at radius 2 is 2.12 bits per heavy atom. The largest absolute Gasteiger partial charge is 0.497 e. The van der Waals surface area contributed by atoms with E-state index < -0.39 is 0 Å². The molecule has 6 rings (SSSR count). The van der Waals surface area contributed by atoms with Gasteiger partial charge in [-0.25, -0.2) is 4.98 Å². The van der Waals surface area contributed by atoms with E-state index in [1.807, 2.05) is 18.5 Å². The van der Waals surface area contributed by atoms with E-state index >= 15 is 0 Å². The van der Waals surface area contributed by atoms with Crippen LogP contribution in [0.3, 0.4) is 0 Å². The fourth-order valence-electron chi connectivity index (χ4n) is 5.46. The van der Waals surface area contributed by atoms with E-state index in [0.29, 0.717) is 18.0 Å². The molecule has 3 atom stereocenters. The van der Waals surface area contributed by atoms with Crippen LogP contribution in [0.4, 0.5) is 0 Å². The van der Waals surface area contributed by atoms with E-state index in [1.165, 1.54) is 31.5 Å². The molecule has 2 aromatic rings. The number of methoxy groups -OCH3 is 1. The number of benzene rings is 1. The summed E-state index contributed by atoms with van der Waals surface area (Å²) in [5, 5.41) is 0. The number of rotatable bonds is 4. The lowest BCUT2D eigenvalue weighted by Crippen LogP contribution is -2.60. The van der Waals surface area contributed by atoms with Crippen LogP contribution < -0.4 is 4.74 Å². The van der Waals surface area contributed by atoms with Crippen molar-refractivity contribution in [3.8, 4) is 5.75 Å². The van der Waals surface area contributed by atoms with Gasteiger partial charge in [0.25, 0.3) is 0 Å². The van der Waals surface area contributed by atoms with Gasteiger partial charge in [-0.15, -0.1) is 0 Å². The van der Waals surface area contributed by atoms with E-state index in [2.05, 4.69) is 38.0 Å². The van der Waals surface area contributed by atoms with Crippen LogP contribution in [-0.4, -0.2) is 58.6 Å². The number of fused-ring (bicyclic) bond motifs is 2. The highest BCUT2D eigenvalue weighted by Gasteiger charge is 2.53. The van der Waals surface area contributed by atoms with Crippen molar-refractivity contribution in [3.63, 3.8) is 0 Å². The molecule has 0 saturated carbocycles. The monoisotopic (exact) mass is 338 g/mol. The van der Waals surface area contributed by atoms with Gasteiger partial charge in [-0.3, -0.25) is 9.80 Å². The third-order valence-electron chi connectivity index (χ3n) is 6.52. The quantitative estimate of drug-likeness (QED) is 0.930. The molecular weight excluding hydrogens is 312 g/mol. The second kappa shape index (κ2) is 6.15. The van der Waals surface area contributed by atoms with Crippen molar-refractivity contribution in [1.82, 2.24) is 19.8 Å². The SMILES string of the molecule is COc1cccc([C@@H]2CN(Cc3ncc[nH]3)[C@H]3C4CCN(CC4)[C@@H]23)c1. The molecule has 4 aliphatic rings. The number of imidazole rings is 1. The van der Waals surface area contributed by atoms with E-state index in [-0.39, 0.29) is 0 Å². The second-order valence-corrected chi connectivity index (χ2v) is 7.70. The number of piperidine rings is 3. The van der Waals surface area contributed by atoms with Crippen LogP contribution in [0.5, 0.6) is 5.75 Å². The molecule has 25 heavy (non-hydrogen) atoms. The lowest BCUT2D eigenvalue weighted by Gasteiger charge is -2.51. The number of nitrogens with zero attached hydrogens (tertiary/aromatic N) is 3. The molecule has 0 radical (unpaired) electrons. The van der Waals surface area contributed by atoms with Crippen LogP contribution in [0.1, 0.15) is 30.1 Å². The van der Waals surface area contributed by atoms with Gasteiger partial charge in [0.05, 0.1) is 13.7 Å². The molecular formula is C20H26N4O. The zero-order valence-corrected chi connectivity index (χ0v) is 14.8. The molecule has 4 saturated heterocycles. The summed E-state index contributed by atoms with van der Waals surface area (Å²) in [6.45, 7) is 4.57. The molecule has 2 bridgehead atoms. The minimum absolute atomic E-state index is 0.554. The van der Waals surface area contributed by atoms with Crippen LogP contribution in [0.25, 0.3) is 0 Å². The van der Waals surface area contributed by atoms with Gasteiger partial charge in [0.2, 0.25) is 0 Å². The Morgan fingerprint density at radius 1 is 1.24 bits per heavy atom. The number of aromatic amines is 1. The van der Waals surface area contributed by atoms with Crippen molar-refractivity contribution < 1.29 is 4.74 Å². The van der Waals surface area contributed by atoms with Crippen molar-refractivity contribution >= 4 is 0 Å². The first kappa shape index (κ1) is 15.4. The number of hydrogen-bond acceptors (Lipinski definition) is 4. The number of ether oxygens (including phenoxy) is 1. The average Bonchev–Trinajstić information content (AvgIpc) is 3.32. The van der Waals surface area contributed by atoms with Crippen molar-refractivity contribution in [3.05, 3.63) is 48.0 Å². The summed E-state index contributed by atoms with van der Waals surface area (Å²) in [6, 6.07) is 9.99. The Kier molecular flexibility index (Phi) is 3.79. The predicted octanol–water partition coefficient (Wildman–Crippen LogP) is 2.48. The molecule has 5 heterocycles. The number of likely N-dealkylation sites (tertiary alicyclic amines) is 1. The molecule has 4 fully saturated rings. The molecule has 132 valence electrons. The molecule has 1 aromatic heterocycles. The first-order valence-electron chi connectivity index (χ1n) is 9.44. The minimum atomic E-state index is 0.554. The Bertz CT molecular complexity index is 723. The normalized spacial score (nSPS) is 34.2. The summed E-state index contributed by atoms with van der Waals surface area (Å²) in [5.41, 5.74) is 1.42. The Balaban J connectivity index is 1.48. The Morgan fingerprint density at radius 3 is 2.88 bits per heavy atom. The van der Waals surface area contributed by atoms with Gasteiger partial charge in [0, 0.05) is 36.9 Å². The van der Waals surface area contributed by atoms with Crippen LogP contribution in [-0.2, 0) is 6.54 Å². The average molecular weight is 338 g/mol. The first-order valence-corrected chi connectivity index (χ1v) is 9.44. The van der Waals surface area contributed by atoms with Crippen LogP contribution in [0.2, 0.25) is 0 Å². The third-order valence-corrected chi connectivity index (χ3v) is 6.52. The first-order chi connectivity index (χ1) is 12.3. The molecule has 5 nitrogen and oxygen atoms in total. The van der Waals surface area contributed by atoms with E-state index in [9.17, 15) is 0 Å². The van der Waals surface area contributed by atoms with E-state index in [1.54, 1.807) is 7.11 Å². The molecule has 5 heteroatoms. The van der Waals surface area contributed by atoms with Crippen LogP contribution >= 0.6 is 0 Å². The maximum absolute atomic E-state index is 5.48. The highest BCUT2D eigenvalue weighted by molar-refractivity contribution is 5.34. The van der Waals surface area contributed by atoms with Gasteiger partial charge >= 0.3 is 0 Å². The molecule has 0 spiro atoms. The van der Waals surface area contributed by atoms with Gasteiger partial charge in [0.1, 0.15) is 11.6 Å². The number of hydrogen-bond donors (Lipinski definition) is 1. The lowest BCUT2D eigenvalue weighted by atomic mass is 9.75. The van der Waals surface area contributed by atoms with Gasteiger partial charge in [-0.05, 0) is 49.5 Å². The summed E-state index contributed by atoms with van der Waals surface area (Å²) < 4.78 is 5.48. The topological polar surface area (TPSA) is 44.4 Å². The van der Waals surface area contributed by atoms with Gasteiger partial charge in [-0.1, -0.05) is 12.1 Å². The summed E-state index contributed by atoms with van der Waals surface area (Å²) in [5.74, 6) is 3.44. The summed E-state index contributed by atoms with van der Waals surface area (Å²) >= 11 is 0. The van der Waals surface area contributed by atoms with Gasteiger partial charge in [-0.2, -0.15) is 0 Å². The van der Waals surface area contributed by atoms with E-state index in [0.717, 1.165) is 30.6 Å². The van der Waals surface area contributed by atoms with Crippen molar-refractivity contribution in [2.75, 3.05) is 26.7 Å². The smallest absolute Gasteiger partial charge is 0.120 e. The maximum Gasteiger partial charge on any atom is 0.120 e. The molecule has 0 amide bonds. The highest BCUT2D eigenvalue weighted by Crippen LogP contribution is 2.47.